The zero-order valence-corrected chi connectivity index (χ0v) is 15.7. The van der Waals surface area contributed by atoms with Gasteiger partial charge in [-0.25, -0.2) is 0 Å². The summed E-state index contributed by atoms with van der Waals surface area (Å²) in [4.78, 5) is 15.0. The third kappa shape index (κ3) is 2.84. The molecular weight excluding hydrogens is 354 g/mol. The van der Waals surface area contributed by atoms with E-state index in [1.165, 1.54) is 0 Å². The van der Waals surface area contributed by atoms with E-state index >= 15 is 0 Å². The van der Waals surface area contributed by atoms with E-state index < -0.39 is 0 Å². The van der Waals surface area contributed by atoms with Crippen LogP contribution in [-0.2, 0) is 9.47 Å². The largest absolute Gasteiger partial charge is 0.460 e. The number of aryl methyl sites for hydroxylation is 1. The number of rotatable bonds is 4. The first-order valence-corrected chi connectivity index (χ1v) is 9.13. The Morgan fingerprint density at radius 2 is 2.23 bits per heavy atom. The lowest BCUT2D eigenvalue weighted by Crippen LogP contribution is -2.37. The predicted octanol–water partition coefficient (Wildman–Crippen LogP) is 3.64. The molecule has 1 amide bonds. The van der Waals surface area contributed by atoms with Crippen LogP contribution in [0.25, 0.3) is 11.3 Å². The molecule has 2 fully saturated rings. The van der Waals surface area contributed by atoms with E-state index in [0.717, 1.165) is 5.56 Å². The summed E-state index contributed by atoms with van der Waals surface area (Å²) in [5.41, 5.74) is 1.29. The van der Waals surface area contributed by atoms with Crippen molar-refractivity contribution in [3.05, 3.63) is 46.7 Å². The zero-order chi connectivity index (χ0) is 18.3. The topological polar surface area (TPSA) is 51.9 Å². The van der Waals surface area contributed by atoms with Crippen LogP contribution in [-0.4, -0.2) is 50.8 Å². The smallest absolute Gasteiger partial charge is 0.257 e. The molecule has 3 heterocycles. The van der Waals surface area contributed by atoms with E-state index in [4.69, 9.17) is 25.5 Å². The van der Waals surface area contributed by atoms with Crippen LogP contribution in [0.5, 0.6) is 0 Å². The Morgan fingerprint density at radius 3 is 3.00 bits per heavy atom. The Morgan fingerprint density at radius 1 is 1.42 bits per heavy atom. The summed E-state index contributed by atoms with van der Waals surface area (Å²) in [7, 11) is 1.70. The van der Waals surface area contributed by atoms with E-state index in [2.05, 4.69) is 0 Å². The van der Waals surface area contributed by atoms with E-state index in [1.807, 2.05) is 36.1 Å². The van der Waals surface area contributed by atoms with Gasteiger partial charge >= 0.3 is 0 Å². The SMILES string of the molecule is COC[C@@]12COC[C@@H]1CN(C(=O)c1cc(-c3ccccc3Cl)oc1C)C2. The summed E-state index contributed by atoms with van der Waals surface area (Å²) in [5.74, 6) is 1.54. The molecule has 2 atom stereocenters. The highest BCUT2D eigenvalue weighted by Gasteiger charge is 2.52. The molecule has 0 radical (unpaired) electrons. The molecule has 26 heavy (non-hydrogen) atoms. The van der Waals surface area contributed by atoms with Crippen molar-refractivity contribution in [2.75, 3.05) is 40.0 Å². The van der Waals surface area contributed by atoms with Gasteiger partial charge in [-0.2, -0.15) is 0 Å². The molecule has 2 aliphatic rings. The van der Waals surface area contributed by atoms with Crippen molar-refractivity contribution in [3.8, 4) is 11.3 Å². The first-order valence-electron chi connectivity index (χ1n) is 8.75. The number of hydrogen-bond donors (Lipinski definition) is 0. The number of amides is 1. The predicted molar refractivity (Wildman–Crippen MR) is 98.4 cm³/mol. The van der Waals surface area contributed by atoms with Gasteiger partial charge in [-0.3, -0.25) is 4.79 Å². The lowest BCUT2D eigenvalue weighted by molar-refractivity contribution is 0.0488. The molecule has 2 saturated heterocycles. The Balaban J connectivity index is 1.59. The van der Waals surface area contributed by atoms with Gasteiger partial charge in [0.05, 0.1) is 30.4 Å². The third-order valence-electron chi connectivity index (χ3n) is 5.53. The van der Waals surface area contributed by atoms with Crippen LogP contribution in [0.3, 0.4) is 0 Å². The second-order valence-electron chi connectivity index (χ2n) is 7.25. The number of carbonyl (C=O) groups excluding carboxylic acids is 1. The molecule has 138 valence electrons. The van der Waals surface area contributed by atoms with Crippen molar-refractivity contribution >= 4 is 17.5 Å². The summed E-state index contributed by atoms with van der Waals surface area (Å²) < 4.78 is 16.9. The summed E-state index contributed by atoms with van der Waals surface area (Å²) >= 11 is 6.26. The third-order valence-corrected chi connectivity index (χ3v) is 5.86. The maximum atomic E-state index is 13.1. The number of methoxy groups -OCH3 is 1. The van der Waals surface area contributed by atoms with Crippen LogP contribution in [0, 0.1) is 18.3 Å². The summed E-state index contributed by atoms with van der Waals surface area (Å²) in [5, 5.41) is 0.604. The van der Waals surface area contributed by atoms with Gasteiger partial charge in [0.2, 0.25) is 0 Å². The van der Waals surface area contributed by atoms with Gasteiger partial charge in [-0.05, 0) is 25.1 Å². The maximum absolute atomic E-state index is 13.1. The molecule has 2 aromatic rings. The number of furan rings is 1. The first-order chi connectivity index (χ1) is 12.5. The minimum Gasteiger partial charge on any atom is -0.460 e. The quantitative estimate of drug-likeness (QED) is 0.818. The van der Waals surface area contributed by atoms with Gasteiger partial charge < -0.3 is 18.8 Å². The Labute approximate surface area is 157 Å². The normalized spacial score (nSPS) is 24.9. The fourth-order valence-corrected chi connectivity index (χ4v) is 4.37. The van der Waals surface area contributed by atoms with Crippen LogP contribution in [0.1, 0.15) is 16.1 Å². The number of halogens is 1. The van der Waals surface area contributed by atoms with Crippen molar-refractivity contribution in [3.63, 3.8) is 0 Å². The lowest BCUT2D eigenvalue weighted by atomic mass is 9.82. The van der Waals surface area contributed by atoms with Crippen LogP contribution in [0.2, 0.25) is 5.02 Å². The summed E-state index contributed by atoms with van der Waals surface area (Å²) in [6.45, 7) is 5.09. The number of likely N-dealkylation sites (tertiary alicyclic amines) is 1. The highest BCUT2D eigenvalue weighted by Crippen LogP contribution is 2.42. The molecule has 6 heteroatoms. The number of hydrogen-bond acceptors (Lipinski definition) is 4. The van der Waals surface area contributed by atoms with Gasteiger partial charge in [0.1, 0.15) is 11.5 Å². The molecule has 0 spiro atoms. The molecule has 0 aliphatic carbocycles. The minimum atomic E-state index is -0.0897. The van der Waals surface area contributed by atoms with Crippen LogP contribution < -0.4 is 0 Å². The van der Waals surface area contributed by atoms with Crippen LogP contribution in [0.4, 0.5) is 0 Å². The van der Waals surface area contributed by atoms with Gasteiger partial charge in [0.15, 0.2) is 0 Å². The number of carbonyl (C=O) groups is 1. The molecule has 4 rings (SSSR count). The van der Waals surface area contributed by atoms with Crippen molar-refractivity contribution in [2.45, 2.75) is 6.92 Å². The maximum Gasteiger partial charge on any atom is 0.257 e. The molecule has 5 nitrogen and oxygen atoms in total. The second kappa shape index (κ2) is 6.72. The van der Waals surface area contributed by atoms with E-state index in [1.54, 1.807) is 13.2 Å². The molecule has 2 aliphatic heterocycles. The minimum absolute atomic E-state index is 0.00516. The van der Waals surface area contributed by atoms with Crippen molar-refractivity contribution < 1.29 is 18.7 Å². The summed E-state index contributed by atoms with van der Waals surface area (Å²) in [6, 6.07) is 9.27. The van der Waals surface area contributed by atoms with Gasteiger partial charge in [0, 0.05) is 37.1 Å². The fraction of sp³-hybridized carbons (Fsp3) is 0.450. The van der Waals surface area contributed by atoms with Crippen molar-refractivity contribution in [1.29, 1.82) is 0 Å². The molecular formula is C20H22ClNO4. The van der Waals surface area contributed by atoms with Crippen LogP contribution in [0.15, 0.2) is 34.7 Å². The van der Waals surface area contributed by atoms with E-state index in [-0.39, 0.29) is 11.3 Å². The lowest BCUT2D eigenvalue weighted by Gasteiger charge is -2.25. The number of fused-ring (bicyclic) bond motifs is 1. The summed E-state index contributed by atoms with van der Waals surface area (Å²) in [6.07, 6.45) is 0. The Hall–Kier alpha value is -1.82. The van der Waals surface area contributed by atoms with Crippen LogP contribution >= 0.6 is 11.6 Å². The molecule has 0 saturated carbocycles. The zero-order valence-electron chi connectivity index (χ0n) is 15.0. The number of ether oxygens (including phenoxy) is 2. The fourth-order valence-electron chi connectivity index (χ4n) is 4.14. The average molecular weight is 376 g/mol. The second-order valence-corrected chi connectivity index (χ2v) is 7.66. The van der Waals surface area contributed by atoms with Crippen molar-refractivity contribution in [1.82, 2.24) is 4.90 Å². The van der Waals surface area contributed by atoms with Gasteiger partial charge in [-0.1, -0.05) is 23.7 Å². The van der Waals surface area contributed by atoms with Gasteiger partial charge in [-0.15, -0.1) is 0 Å². The standard InChI is InChI=1S/C20H22ClNO4/c1-13-16(7-18(26-13)15-5-3-4-6-17(15)21)19(23)22-8-14-9-25-12-20(14,10-22)11-24-2/h3-7,14H,8-12H2,1-2H3/t14-,20-/m0/s1. The molecule has 1 aromatic carbocycles. The Kier molecular flexibility index (Phi) is 4.55. The average Bonchev–Trinajstić information content (AvgIpc) is 3.27. The molecule has 0 bridgehead atoms. The van der Waals surface area contributed by atoms with E-state index in [0.29, 0.717) is 60.9 Å². The molecule has 1 aromatic heterocycles. The number of nitrogens with zero attached hydrogens (tertiary/aromatic N) is 1. The van der Waals surface area contributed by atoms with Gasteiger partial charge in [0.25, 0.3) is 5.91 Å². The van der Waals surface area contributed by atoms with Crippen molar-refractivity contribution in [2.24, 2.45) is 11.3 Å². The highest BCUT2D eigenvalue weighted by molar-refractivity contribution is 6.33. The monoisotopic (exact) mass is 375 g/mol. The van der Waals surface area contributed by atoms with E-state index in [9.17, 15) is 4.79 Å². The molecule has 0 N–H and O–H groups in total. The first kappa shape index (κ1) is 17.6. The highest BCUT2D eigenvalue weighted by atomic mass is 35.5. The Bertz CT molecular complexity index is 833. The number of benzene rings is 1. The molecule has 0 unspecified atom stereocenters.